The van der Waals surface area contributed by atoms with Crippen molar-refractivity contribution >= 4 is 5.97 Å². The van der Waals surface area contributed by atoms with Gasteiger partial charge in [-0.15, -0.1) is 0 Å². The second kappa shape index (κ2) is 11.7. The van der Waals surface area contributed by atoms with Crippen molar-refractivity contribution in [1.82, 2.24) is 4.98 Å². The molecule has 0 radical (unpaired) electrons. The Morgan fingerprint density at radius 1 is 1.10 bits per heavy atom. The first-order valence-electron chi connectivity index (χ1n) is 13.6. The van der Waals surface area contributed by atoms with Crippen LogP contribution in [0, 0.1) is 22.9 Å². The summed E-state index contributed by atoms with van der Waals surface area (Å²) in [5, 5.41) is 9.49. The van der Waals surface area contributed by atoms with Crippen LogP contribution in [0.2, 0.25) is 0 Å². The largest absolute Gasteiger partial charge is 0.486 e. The van der Waals surface area contributed by atoms with Gasteiger partial charge in [0.1, 0.15) is 18.2 Å². The normalized spacial score (nSPS) is 17.3. The maximum atomic E-state index is 15.8. The van der Waals surface area contributed by atoms with Gasteiger partial charge in [0, 0.05) is 35.8 Å². The fourth-order valence-corrected chi connectivity index (χ4v) is 5.99. The number of carboxylic acids is 1. The van der Waals surface area contributed by atoms with E-state index in [1.165, 1.54) is 13.2 Å². The van der Waals surface area contributed by atoms with Crippen molar-refractivity contribution in [2.24, 2.45) is 5.41 Å². The Hall–Kier alpha value is -3.59. The minimum atomic E-state index is -1.06. The molecular formula is C32H36F3NO5. The van der Waals surface area contributed by atoms with Crippen LogP contribution < -0.4 is 9.47 Å². The fraction of sp³-hybridized carbons (Fsp3) is 0.438. The molecule has 0 spiro atoms. The number of aromatic nitrogens is 1. The lowest BCUT2D eigenvalue weighted by molar-refractivity contribution is -0.138. The van der Waals surface area contributed by atoms with Gasteiger partial charge in [0.05, 0.1) is 25.8 Å². The van der Waals surface area contributed by atoms with Crippen LogP contribution in [-0.2, 0) is 28.0 Å². The summed E-state index contributed by atoms with van der Waals surface area (Å²) in [5.41, 5.74) is 1.12. The molecule has 2 atom stereocenters. The van der Waals surface area contributed by atoms with E-state index in [1.54, 1.807) is 26.2 Å². The van der Waals surface area contributed by atoms with Crippen LogP contribution in [-0.4, -0.2) is 30.3 Å². The molecule has 1 aromatic heterocycles. The Morgan fingerprint density at radius 3 is 2.44 bits per heavy atom. The van der Waals surface area contributed by atoms with E-state index in [4.69, 9.17) is 14.2 Å². The molecule has 2 aromatic carbocycles. The fourth-order valence-electron chi connectivity index (χ4n) is 5.99. The Balaban J connectivity index is 1.74. The van der Waals surface area contributed by atoms with Crippen LogP contribution in [0.15, 0.2) is 36.5 Å². The molecule has 3 aromatic rings. The number of fused-ring (bicyclic) bond motifs is 1. The number of aliphatic carboxylic acids is 1. The molecule has 6 nitrogen and oxygen atoms in total. The number of ether oxygens (including phenoxy) is 3. The van der Waals surface area contributed by atoms with Crippen molar-refractivity contribution in [3.63, 3.8) is 0 Å². The summed E-state index contributed by atoms with van der Waals surface area (Å²) in [6, 6.07) is 7.81. The number of carbonyl (C=O) groups is 1. The van der Waals surface area contributed by atoms with Gasteiger partial charge in [-0.05, 0) is 53.0 Å². The topological polar surface area (TPSA) is 77.9 Å². The van der Waals surface area contributed by atoms with Crippen molar-refractivity contribution in [3.8, 4) is 22.8 Å². The minimum Gasteiger partial charge on any atom is -0.486 e. The molecule has 9 heteroatoms. The predicted octanol–water partition coefficient (Wildman–Crippen LogP) is 7.56. The van der Waals surface area contributed by atoms with Crippen molar-refractivity contribution in [2.75, 3.05) is 14.2 Å². The Labute approximate surface area is 238 Å². The number of benzene rings is 2. The van der Waals surface area contributed by atoms with Crippen LogP contribution in [0.5, 0.6) is 11.6 Å². The average Bonchev–Trinajstić information content (AvgIpc) is 3.30. The third kappa shape index (κ3) is 5.91. The first kappa shape index (κ1) is 30.4. The lowest BCUT2D eigenvalue weighted by atomic mass is 9.76. The smallest absolute Gasteiger partial charge is 0.304 e. The molecule has 0 saturated heterocycles. The zero-order valence-corrected chi connectivity index (χ0v) is 24.2. The summed E-state index contributed by atoms with van der Waals surface area (Å²) < 4.78 is 62.8. The SMILES string of the molecule is CC[C@@]1(CC(=O)O)CCc2c(F)cc(OCc3ccc(-c4cc(OC)ncc4F)c([C@H](OC)C(C)(C)C)c3)c(F)c21. The average molecular weight is 572 g/mol. The van der Waals surface area contributed by atoms with Gasteiger partial charge in [-0.1, -0.05) is 39.8 Å². The minimum absolute atomic E-state index is 0.0997. The number of hydrogen-bond donors (Lipinski definition) is 1. The third-order valence-electron chi connectivity index (χ3n) is 7.98. The Bertz CT molecular complexity index is 1450. The summed E-state index contributed by atoms with van der Waals surface area (Å²) in [6.07, 6.45) is 1.34. The maximum absolute atomic E-state index is 15.8. The zero-order valence-electron chi connectivity index (χ0n) is 24.2. The molecule has 0 bridgehead atoms. The molecule has 0 fully saturated rings. The lowest BCUT2D eigenvalue weighted by Crippen LogP contribution is -2.27. The van der Waals surface area contributed by atoms with Gasteiger partial charge in [-0.2, -0.15) is 0 Å². The molecule has 0 aliphatic heterocycles. The van der Waals surface area contributed by atoms with Crippen LogP contribution in [0.25, 0.3) is 11.1 Å². The molecule has 1 N–H and O–H groups in total. The molecule has 0 amide bonds. The Kier molecular flexibility index (Phi) is 8.68. The zero-order chi connectivity index (χ0) is 30.1. The summed E-state index contributed by atoms with van der Waals surface area (Å²) in [5.74, 6) is -2.95. The lowest BCUT2D eigenvalue weighted by Gasteiger charge is -2.32. The number of rotatable bonds is 10. The molecule has 0 unspecified atom stereocenters. The van der Waals surface area contributed by atoms with Crippen molar-refractivity contribution in [2.45, 2.75) is 71.5 Å². The van der Waals surface area contributed by atoms with E-state index in [0.29, 0.717) is 29.5 Å². The van der Waals surface area contributed by atoms with E-state index in [0.717, 1.165) is 12.3 Å². The predicted molar refractivity (Wildman–Crippen MR) is 149 cm³/mol. The summed E-state index contributed by atoms with van der Waals surface area (Å²) in [6.45, 7) is 7.67. The van der Waals surface area contributed by atoms with E-state index >= 15 is 8.78 Å². The van der Waals surface area contributed by atoms with E-state index in [9.17, 15) is 14.3 Å². The number of halogens is 3. The molecule has 1 aliphatic carbocycles. The van der Waals surface area contributed by atoms with Crippen molar-refractivity contribution < 1.29 is 37.3 Å². The molecule has 1 heterocycles. The molecule has 1 aliphatic rings. The monoisotopic (exact) mass is 571 g/mol. The second-order valence-electron chi connectivity index (χ2n) is 11.6. The van der Waals surface area contributed by atoms with Gasteiger partial charge in [0.15, 0.2) is 11.6 Å². The first-order chi connectivity index (χ1) is 19.3. The molecule has 4 rings (SSSR count). The number of methoxy groups -OCH3 is 2. The highest BCUT2D eigenvalue weighted by atomic mass is 19.1. The van der Waals surface area contributed by atoms with E-state index in [-0.39, 0.29) is 53.2 Å². The van der Waals surface area contributed by atoms with E-state index in [2.05, 4.69) is 4.98 Å². The van der Waals surface area contributed by atoms with Gasteiger partial charge in [0.2, 0.25) is 5.88 Å². The van der Waals surface area contributed by atoms with Gasteiger partial charge >= 0.3 is 5.97 Å². The van der Waals surface area contributed by atoms with Crippen LogP contribution in [0.4, 0.5) is 13.2 Å². The second-order valence-corrected chi connectivity index (χ2v) is 11.6. The summed E-state index contributed by atoms with van der Waals surface area (Å²) in [4.78, 5) is 15.5. The van der Waals surface area contributed by atoms with Gasteiger partial charge in [0.25, 0.3) is 0 Å². The Morgan fingerprint density at radius 2 is 1.83 bits per heavy atom. The van der Waals surface area contributed by atoms with Crippen molar-refractivity contribution in [3.05, 3.63) is 76.2 Å². The molecule has 0 saturated carbocycles. The first-order valence-corrected chi connectivity index (χ1v) is 13.6. The number of pyridine rings is 1. The van der Waals surface area contributed by atoms with Gasteiger partial charge in [-0.25, -0.2) is 18.2 Å². The van der Waals surface area contributed by atoms with Crippen LogP contribution in [0.3, 0.4) is 0 Å². The quantitative estimate of drug-likeness (QED) is 0.271. The highest BCUT2D eigenvalue weighted by molar-refractivity contribution is 5.71. The number of hydrogen-bond acceptors (Lipinski definition) is 5. The number of carboxylic acid groups (broad SMARTS) is 1. The maximum Gasteiger partial charge on any atom is 0.304 e. The van der Waals surface area contributed by atoms with Crippen LogP contribution >= 0.6 is 0 Å². The van der Waals surface area contributed by atoms with Gasteiger partial charge < -0.3 is 19.3 Å². The van der Waals surface area contributed by atoms with E-state index in [1.807, 2.05) is 26.8 Å². The molecular weight excluding hydrogens is 535 g/mol. The standard InChI is InChI=1S/C32H36F3NO5/c1-7-32(15-27(37)38)11-10-20-23(33)14-25(29(35)28(20)32)41-17-18-8-9-19(21-13-26(39-5)36-16-24(21)34)22(12-18)30(40-6)31(2,3)4/h8-9,12-14,16,30H,7,10-11,15,17H2,1-6H3,(H,37,38)/t30-,32-/m0/s1. The molecule has 220 valence electrons. The third-order valence-corrected chi connectivity index (χ3v) is 7.98. The van der Waals surface area contributed by atoms with Gasteiger partial charge in [-0.3, -0.25) is 4.79 Å². The molecule has 41 heavy (non-hydrogen) atoms. The summed E-state index contributed by atoms with van der Waals surface area (Å²) in [7, 11) is 3.03. The highest BCUT2D eigenvalue weighted by Crippen LogP contribution is 2.48. The van der Waals surface area contributed by atoms with E-state index < -0.39 is 34.9 Å². The highest BCUT2D eigenvalue weighted by Gasteiger charge is 2.44. The number of nitrogens with zero attached hydrogens (tertiary/aromatic N) is 1. The summed E-state index contributed by atoms with van der Waals surface area (Å²) >= 11 is 0. The van der Waals surface area contributed by atoms with Crippen LogP contribution in [0.1, 0.15) is 75.3 Å². The van der Waals surface area contributed by atoms with Crippen molar-refractivity contribution in [1.29, 1.82) is 0 Å².